The number of halogens is 5. The smallest absolute Gasteiger partial charge is 0.272 e. The number of fused-ring (bicyclic) bond motifs is 1. The number of hydrogen-bond acceptors (Lipinski definition) is 5. The predicted molar refractivity (Wildman–Crippen MR) is 129 cm³/mol. The van der Waals surface area contributed by atoms with E-state index < -0.39 is 24.8 Å². The number of carbonyl (C=O) groups is 1. The van der Waals surface area contributed by atoms with E-state index in [9.17, 15) is 18.0 Å². The Morgan fingerprint density at radius 3 is 2.57 bits per heavy atom. The summed E-state index contributed by atoms with van der Waals surface area (Å²) in [6.45, 7) is 1.24. The van der Waals surface area contributed by atoms with Crippen LogP contribution in [0.15, 0.2) is 18.2 Å². The van der Waals surface area contributed by atoms with E-state index in [0.717, 1.165) is 25.7 Å². The highest BCUT2D eigenvalue weighted by molar-refractivity contribution is 6.35. The number of nitrogens with one attached hydrogen (secondary N) is 2. The van der Waals surface area contributed by atoms with Gasteiger partial charge in [0, 0.05) is 13.1 Å². The third-order valence-electron chi connectivity index (χ3n) is 6.03. The number of imidazole rings is 1. The number of nitrogens with zero attached hydrogens (tertiary/aromatic N) is 3. The Labute approximate surface area is 210 Å². The number of pyridine rings is 1. The minimum atomic E-state index is -2.75. The molecule has 0 unspecified atom stereocenters. The van der Waals surface area contributed by atoms with Crippen molar-refractivity contribution in [2.45, 2.75) is 45.1 Å². The second-order valence-corrected chi connectivity index (χ2v) is 9.47. The molecule has 0 bridgehead atoms. The van der Waals surface area contributed by atoms with Gasteiger partial charge in [0.05, 0.1) is 15.7 Å². The Morgan fingerprint density at radius 1 is 1.20 bits per heavy atom. The molecule has 1 aliphatic rings. The maximum absolute atomic E-state index is 14.5. The zero-order valence-corrected chi connectivity index (χ0v) is 20.6. The average molecular weight is 530 g/mol. The molecule has 7 nitrogen and oxygen atoms in total. The van der Waals surface area contributed by atoms with E-state index in [1.807, 2.05) is 0 Å². The van der Waals surface area contributed by atoms with Crippen molar-refractivity contribution in [1.82, 2.24) is 19.9 Å². The first kappa shape index (κ1) is 25.4. The summed E-state index contributed by atoms with van der Waals surface area (Å²) >= 11 is 12.0. The zero-order chi connectivity index (χ0) is 25.3. The fourth-order valence-electron chi connectivity index (χ4n) is 4.04. The largest absolute Gasteiger partial charge is 0.471 e. The number of benzene rings is 1. The molecule has 1 aromatic carbocycles. The van der Waals surface area contributed by atoms with Crippen LogP contribution in [0.1, 0.15) is 43.0 Å². The number of carbonyl (C=O) groups excluding carboxylic acids is 1. The van der Waals surface area contributed by atoms with E-state index in [1.54, 1.807) is 7.05 Å². The van der Waals surface area contributed by atoms with Crippen molar-refractivity contribution >= 4 is 51.9 Å². The average Bonchev–Trinajstić information content (AvgIpc) is 3.13. The van der Waals surface area contributed by atoms with Crippen molar-refractivity contribution in [3.8, 4) is 5.88 Å². The van der Waals surface area contributed by atoms with Crippen LogP contribution in [0.3, 0.4) is 0 Å². The molecule has 0 radical (unpaired) electrons. The first-order chi connectivity index (χ1) is 16.6. The lowest BCUT2D eigenvalue weighted by molar-refractivity contribution is 0.0770. The van der Waals surface area contributed by atoms with Gasteiger partial charge in [-0.1, -0.05) is 30.1 Å². The third-order valence-corrected chi connectivity index (χ3v) is 6.64. The first-order valence-corrected chi connectivity index (χ1v) is 11.9. The molecule has 35 heavy (non-hydrogen) atoms. The Bertz CT molecular complexity index is 1250. The lowest BCUT2D eigenvalue weighted by Gasteiger charge is -2.27. The second-order valence-electron chi connectivity index (χ2n) is 8.65. The van der Waals surface area contributed by atoms with Gasteiger partial charge in [-0.3, -0.25) is 9.36 Å². The summed E-state index contributed by atoms with van der Waals surface area (Å²) in [5, 5.41) is 5.69. The van der Waals surface area contributed by atoms with Crippen molar-refractivity contribution in [2.24, 2.45) is 13.0 Å². The Balaban J connectivity index is 1.69. The van der Waals surface area contributed by atoms with Crippen LogP contribution in [0.25, 0.3) is 11.2 Å². The molecule has 1 aliphatic carbocycles. The molecular formula is C23H24Cl2F3N5O2. The summed E-state index contributed by atoms with van der Waals surface area (Å²) in [6.07, 6.45) is 0.905. The molecular weight excluding hydrogens is 506 g/mol. The van der Waals surface area contributed by atoms with Crippen LogP contribution in [0.4, 0.5) is 24.8 Å². The molecule has 2 N–H and O–H groups in total. The lowest BCUT2D eigenvalue weighted by Crippen LogP contribution is -2.37. The topological polar surface area (TPSA) is 81.1 Å². The van der Waals surface area contributed by atoms with Crippen LogP contribution in [0.2, 0.25) is 10.0 Å². The van der Waals surface area contributed by atoms with Gasteiger partial charge in [0.2, 0.25) is 11.8 Å². The maximum Gasteiger partial charge on any atom is 0.272 e. The second kappa shape index (κ2) is 10.5. The number of aromatic nitrogens is 3. The SMILES string of the molecule is Cn1c(Nc2c(Cl)ccc(Cl)c2F)nc2cc(C(=O)N[C@H]3CC[C@H](C)CC3)c(OCC(F)F)nc21. The minimum Gasteiger partial charge on any atom is -0.471 e. The molecule has 3 aromatic rings. The van der Waals surface area contributed by atoms with E-state index in [1.165, 1.54) is 22.8 Å². The molecule has 2 aromatic heterocycles. The highest BCUT2D eigenvalue weighted by Gasteiger charge is 2.25. The van der Waals surface area contributed by atoms with E-state index in [2.05, 4.69) is 27.5 Å². The standard InChI is InChI=1S/C23H24Cl2F3N5O2/c1-11-3-5-12(6-4-11)29-21(34)13-9-16-20(32-22(13)35-10-17(26)27)33(2)23(30-16)31-19-15(25)8-7-14(24)18(19)28/h7-9,11-12,17H,3-6,10H2,1-2H3,(H,29,34)(H,30,31)/t11-,12-. The fourth-order valence-corrected chi connectivity index (χ4v) is 4.39. The Kier molecular flexibility index (Phi) is 7.61. The molecule has 0 aliphatic heterocycles. The van der Waals surface area contributed by atoms with E-state index in [0.29, 0.717) is 5.92 Å². The van der Waals surface area contributed by atoms with Crippen LogP contribution in [0, 0.1) is 11.7 Å². The van der Waals surface area contributed by atoms with E-state index in [-0.39, 0.29) is 50.3 Å². The number of alkyl halides is 2. The minimum absolute atomic E-state index is 0.00612. The highest BCUT2D eigenvalue weighted by Crippen LogP contribution is 2.34. The summed E-state index contributed by atoms with van der Waals surface area (Å²) in [6, 6.07) is 4.16. The molecule has 188 valence electrons. The van der Waals surface area contributed by atoms with Crippen molar-refractivity contribution in [2.75, 3.05) is 11.9 Å². The Morgan fingerprint density at radius 2 is 1.89 bits per heavy atom. The number of hydrogen-bond donors (Lipinski definition) is 2. The van der Waals surface area contributed by atoms with Crippen molar-refractivity contribution in [3.05, 3.63) is 39.6 Å². The fraction of sp³-hybridized carbons (Fsp3) is 0.435. The maximum atomic E-state index is 14.5. The molecule has 2 heterocycles. The summed E-state index contributed by atoms with van der Waals surface area (Å²) in [4.78, 5) is 21.7. The van der Waals surface area contributed by atoms with Crippen molar-refractivity contribution < 1.29 is 22.7 Å². The van der Waals surface area contributed by atoms with Crippen molar-refractivity contribution in [3.63, 3.8) is 0 Å². The molecule has 4 rings (SSSR count). The van der Waals surface area contributed by atoms with Crippen LogP contribution in [-0.4, -0.2) is 39.5 Å². The number of aryl methyl sites for hydroxylation is 1. The number of rotatable bonds is 7. The van der Waals surface area contributed by atoms with Crippen LogP contribution < -0.4 is 15.4 Å². The number of anilines is 2. The van der Waals surface area contributed by atoms with Gasteiger partial charge in [-0.25, -0.2) is 18.2 Å². The van der Waals surface area contributed by atoms with E-state index in [4.69, 9.17) is 27.9 Å². The Hall–Kier alpha value is -2.72. The van der Waals surface area contributed by atoms with Gasteiger partial charge in [0.25, 0.3) is 12.3 Å². The van der Waals surface area contributed by atoms with Gasteiger partial charge < -0.3 is 15.4 Å². The van der Waals surface area contributed by atoms with Crippen LogP contribution >= 0.6 is 23.2 Å². The summed E-state index contributed by atoms with van der Waals surface area (Å²) < 4.78 is 46.9. The molecule has 1 saturated carbocycles. The zero-order valence-electron chi connectivity index (χ0n) is 19.0. The first-order valence-electron chi connectivity index (χ1n) is 11.1. The summed E-state index contributed by atoms with van der Waals surface area (Å²) in [5.41, 5.74) is 0.420. The predicted octanol–water partition coefficient (Wildman–Crippen LogP) is 6.11. The molecule has 0 atom stereocenters. The number of ether oxygens (including phenoxy) is 1. The third kappa shape index (κ3) is 5.59. The molecule has 0 spiro atoms. The molecule has 1 fully saturated rings. The summed E-state index contributed by atoms with van der Waals surface area (Å²) in [7, 11) is 1.58. The van der Waals surface area contributed by atoms with E-state index >= 15 is 0 Å². The quantitative estimate of drug-likeness (QED) is 0.361. The highest BCUT2D eigenvalue weighted by atomic mass is 35.5. The number of amides is 1. The van der Waals surface area contributed by atoms with Crippen LogP contribution in [0.5, 0.6) is 5.88 Å². The van der Waals surface area contributed by atoms with Crippen LogP contribution in [-0.2, 0) is 7.05 Å². The van der Waals surface area contributed by atoms with Gasteiger partial charge in [-0.15, -0.1) is 0 Å². The molecule has 12 heteroatoms. The normalized spacial score (nSPS) is 18.2. The van der Waals surface area contributed by atoms with Gasteiger partial charge >= 0.3 is 0 Å². The van der Waals surface area contributed by atoms with Gasteiger partial charge in [0.15, 0.2) is 18.1 Å². The summed E-state index contributed by atoms with van der Waals surface area (Å²) in [5.74, 6) is -0.729. The van der Waals surface area contributed by atoms with Gasteiger partial charge in [0.1, 0.15) is 11.1 Å². The lowest BCUT2D eigenvalue weighted by atomic mass is 9.87. The monoisotopic (exact) mass is 529 g/mol. The van der Waals surface area contributed by atoms with Gasteiger partial charge in [-0.05, 0) is 49.8 Å². The molecule has 0 saturated heterocycles. The molecule has 1 amide bonds. The van der Waals surface area contributed by atoms with Gasteiger partial charge in [-0.2, -0.15) is 4.98 Å². The van der Waals surface area contributed by atoms with Crippen molar-refractivity contribution in [1.29, 1.82) is 0 Å².